The average Bonchev–Trinajstić information content (AvgIpc) is 3.09. The fraction of sp³-hybridized carbons (Fsp3) is 0.462. The summed E-state index contributed by atoms with van der Waals surface area (Å²) in [7, 11) is 0. The summed E-state index contributed by atoms with van der Waals surface area (Å²) in [6.07, 6.45) is 4.71. The molecule has 0 unspecified atom stereocenters. The maximum absolute atomic E-state index is 13.2. The normalized spacial score (nSPS) is 15.8. The molecule has 1 fully saturated rings. The third-order valence-electron chi connectivity index (χ3n) is 3.59. The Morgan fingerprint density at radius 2 is 2.15 bits per heavy atom. The van der Waals surface area contributed by atoms with Crippen LogP contribution in [0.1, 0.15) is 37.3 Å². The summed E-state index contributed by atoms with van der Waals surface area (Å²) in [6, 6.07) is 4.82. The van der Waals surface area contributed by atoms with Crippen molar-refractivity contribution in [1.29, 1.82) is 0 Å². The van der Waals surface area contributed by atoms with Crippen LogP contribution in [0.25, 0.3) is 0 Å². The number of nitrogens with zero attached hydrogens (tertiary/aromatic N) is 4. The fourth-order valence-electron chi connectivity index (χ4n) is 2.50. The smallest absolute Gasteiger partial charge is 0.209 e. The van der Waals surface area contributed by atoms with Gasteiger partial charge >= 0.3 is 0 Å². The van der Waals surface area contributed by atoms with Crippen molar-refractivity contribution in [2.24, 2.45) is 0 Å². The SMILES string of the molecule is Nc1ccc(F)cc1CSc1nnnn1C1CCCC1. The first-order valence-electron chi connectivity index (χ1n) is 6.68. The zero-order valence-electron chi connectivity index (χ0n) is 11.0. The Kier molecular flexibility index (Phi) is 3.86. The van der Waals surface area contributed by atoms with E-state index in [0.717, 1.165) is 23.6 Å². The van der Waals surface area contributed by atoms with Crippen LogP contribution in [-0.4, -0.2) is 20.2 Å². The standard InChI is InChI=1S/C13H16FN5S/c14-10-5-6-12(15)9(7-10)8-20-13-16-17-18-19(13)11-3-1-2-4-11/h5-7,11H,1-4,8,15H2. The van der Waals surface area contributed by atoms with Gasteiger partial charge in [-0.15, -0.1) is 5.10 Å². The lowest BCUT2D eigenvalue weighted by Crippen LogP contribution is -2.08. The van der Waals surface area contributed by atoms with Gasteiger partial charge in [-0.1, -0.05) is 24.6 Å². The van der Waals surface area contributed by atoms with Crippen LogP contribution in [0.3, 0.4) is 0 Å². The minimum atomic E-state index is -0.273. The number of nitrogen functional groups attached to an aromatic ring is 1. The van der Waals surface area contributed by atoms with Crippen molar-refractivity contribution in [3.05, 3.63) is 29.6 Å². The van der Waals surface area contributed by atoms with Gasteiger partial charge in [-0.25, -0.2) is 9.07 Å². The van der Waals surface area contributed by atoms with Gasteiger partial charge in [-0.2, -0.15) is 0 Å². The van der Waals surface area contributed by atoms with E-state index in [1.807, 2.05) is 4.68 Å². The second kappa shape index (κ2) is 5.78. The summed E-state index contributed by atoms with van der Waals surface area (Å²) in [4.78, 5) is 0. The minimum Gasteiger partial charge on any atom is -0.398 e. The number of nitrogens with two attached hydrogens (primary N) is 1. The Labute approximate surface area is 120 Å². The van der Waals surface area contributed by atoms with E-state index in [-0.39, 0.29) is 5.82 Å². The molecule has 0 saturated heterocycles. The lowest BCUT2D eigenvalue weighted by Gasteiger charge is -2.11. The zero-order chi connectivity index (χ0) is 13.9. The lowest BCUT2D eigenvalue weighted by molar-refractivity contribution is 0.423. The van der Waals surface area contributed by atoms with E-state index >= 15 is 0 Å². The maximum Gasteiger partial charge on any atom is 0.209 e. The Hall–Kier alpha value is -1.63. The van der Waals surface area contributed by atoms with E-state index in [1.54, 1.807) is 6.07 Å². The number of tetrazole rings is 1. The molecular formula is C13H16FN5S. The molecule has 2 N–H and O–H groups in total. The molecule has 1 aliphatic rings. The molecule has 1 aromatic carbocycles. The highest BCUT2D eigenvalue weighted by atomic mass is 32.2. The van der Waals surface area contributed by atoms with Crippen LogP contribution in [0.15, 0.2) is 23.4 Å². The Morgan fingerprint density at radius 3 is 2.95 bits per heavy atom. The molecule has 3 rings (SSSR count). The van der Waals surface area contributed by atoms with Crippen LogP contribution < -0.4 is 5.73 Å². The van der Waals surface area contributed by atoms with Gasteiger partial charge in [0.05, 0.1) is 6.04 Å². The molecular weight excluding hydrogens is 277 g/mol. The van der Waals surface area contributed by atoms with Crippen molar-refractivity contribution in [3.63, 3.8) is 0 Å². The fourth-order valence-corrected chi connectivity index (χ4v) is 3.45. The van der Waals surface area contributed by atoms with Crippen LogP contribution in [0.2, 0.25) is 0 Å². The first-order valence-corrected chi connectivity index (χ1v) is 7.67. The summed E-state index contributed by atoms with van der Waals surface area (Å²) in [5.41, 5.74) is 7.22. The van der Waals surface area contributed by atoms with Crippen LogP contribution in [0.5, 0.6) is 0 Å². The van der Waals surface area contributed by atoms with E-state index in [4.69, 9.17) is 5.73 Å². The van der Waals surface area contributed by atoms with Gasteiger partial charge in [-0.05, 0) is 47.0 Å². The molecule has 1 heterocycles. The van der Waals surface area contributed by atoms with E-state index in [2.05, 4.69) is 15.5 Å². The molecule has 0 amide bonds. The van der Waals surface area contributed by atoms with E-state index in [0.29, 0.717) is 17.5 Å². The quantitative estimate of drug-likeness (QED) is 0.693. The van der Waals surface area contributed by atoms with Gasteiger partial charge < -0.3 is 5.73 Å². The van der Waals surface area contributed by atoms with Crippen molar-refractivity contribution < 1.29 is 4.39 Å². The highest BCUT2D eigenvalue weighted by molar-refractivity contribution is 7.98. The molecule has 0 spiro atoms. The second-order valence-electron chi connectivity index (χ2n) is 4.98. The number of halogens is 1. The van der Waals surface area contributed by atoms with E-state index in [1.165, 1.54) is 36.7 Å². The number of benzene rings is 1. The predicted molar refractivity (Wildman–Crippen MR) is 75.7 cm³/mol. The van der Waals surface area contributed by atoms with E-state index < -0.39 is 0 Å². The van der Waals surface area contributed by atoms with Crippen molar-refractivity contribution in [1.82, 2.24) is 20.2 Å². The van der Waals surface area contributed by atoms with Gasteiger partial charge in [0.25, 0.3) is 0 Å². The van der Waals surface area contributed by atoms with Crippen LogP contribution in [-0.2, 0) is 5.75 Å². The average molecular weight is 293 g/mol. The summed E-state index contributed by atoms with van der Waals surface area (Å²) in [5.74, 6) is 0.293. The summed E-state index contributed by atoms with van der Waals surface area (Å²) in [5, 5.41) is 12.7. The molecule has 20 heavy (non-hydrogen) atoms. The van der Waals surface area contributed by atoms with Gasteiger partial charge in [0.1, 0.15) is 5.82 Å². The summed E-state index contributed by atoms with van der Waals surface area (Å²) in [6.45, 7) is 0. The summed E-state index contributed by atoms with van der Waals surface area (Å²) < 4.78 is 15.1. The molecule has 5 nitrogen and oxygen atoms in total. The van der Waals surface area contributed by atoms with Crippen molar-refractivity contribution >= 4 is 17.4 Å². The zero-order valence-corrected chi connectivity index (χ0v) is 11.8. The molecule has 1 saturated carbocycles. The minimum absolute atomic E-state index is 0.273. The number of rotatable bonds is 4. The molecule has 0 aliphatic heterocycles. The van der Waals surface area contributed by atoms with Gasteiger partial charge in [0, 0.05) is 11.4 Å². The monoisotopic (exact) mass is 293 g/mol. The molecule has 7 heteroatoms. The molecule has 0 bridgehead atoms. The number of hydrogen-bond acceptors (Lipinski definition) is 5. The second-order valence-corrected chi connectivity index (χ2v) is 5.92. The molecule has 1 aromatic heterocycles. The Balaban J connectivity index is 1.72. The molecule has 106 valence electrons. The van der Waals surface area contributed by atoms with Crippen LogP contribution in [0.4, 0.5) is 10.1 Å². The highest BCUT2D eigenvalue weighted by Gasteiger charge is 2.21. The van der Waals surface area contributed by atoms with Crippen molar-refractivity contribution in [3.8, 4) is 0 Å². The number of anilines is 1. The Bertz CT molecular complexity index is 594. The highest BCUT2D eigenvalue weighted by Crippen LogP contribution is 2.32. The van der Waals surface area contributed by atoms with Crippen molar-refractivity contribution in [2.45, 2.75) is 42.6 Å². The first-order chi connectivity index (χ1) is 9.74. The third kappa shape index (κ3) is 2.77. The largest absolute Gasteiger partial charge is 0.398 e. The summed E-state index contributed by atoms with van der Waals surface area (Å²) >= 11 is 1.50. The molecule has 0 atom stereocenters. The maximum atomic E-state index is 13.2. The van der Waals surface area contributed by atoms with Gasteiger partial charge in [0.2, 0.25) is 5.16 Å². The number of thioether (sulfide) groups is 1. The van der Waals surface area contributed by atoms with E-state index in [9.17, 15) is 4.39 Å². The first kappa shape index (κ1) is 13.4. The molecule has 2 aromatic rings. The lowest BCUT2D eigenvalue weighted by atomic mass is 10.2. The number of hydrogen-bond donors (Lipinski definition) is 1. The van der Waals surface area contributed by atoms with Gasteiger partial charge in [-0.3, -0.25) is 0 Å². The topological polar surface area (TPSA) is 69.6 Å². The number of aromatic nitrogens is 4. The predicted octanol–water partition coefficient (Wildman–Crippen LogP) is 2.80. The van der Waals surface area contributed by atoms with Crippen LogP contribution >= 0.6 is 11.8 Å². The molecule has 1 aliphatic carbocycles. The Morgan fingerprint density at radius 1 is 1.35 bits per heavy atom. The molecule has 0 radical (unpaired) electrons. The van der Waals surface area contributed by atoms with Crippen molar-refractivity contribution in [2.75, 3.05) is 5.73 Å². The third-order valence-corrected chi connectivity index (χ3v) is 4.58. The van der Waals surface area contributed by atoms with Crippen LogP contribution in [0, 0.1) is 5.82 Å². The van der Waals surface area contributed by atoms with Gasteiger partial charge in [0.15, 0.2) is 0 Å².